The van der Waals surface area contributed by atoms with Gasteiger partial charge in [0.05, 0.1) is 6.54 Å². The van der Waals surface area contributed by atoms with Gasteiger partial charge in [-0.05, 0) is 11.1 Å². The molecular formula is C9H8F4N4O. The first kappa shape index (κ1) is 14.0. The molecular weight excluding hydrogens is 256 g/mol. The zero-order chi connectivity index (χ0) is 13.6. The van der Waals surface area contributed by atoms with E-state index in [0.29, 0.717) is 5.56 Å². The predicted octanol–water partition coefficient (Wildman–Crippen LogP) is 3.17. The molecule has 98 valence electrons. The van der Waals surface area contributed by atoms with Gasteiger partial charge in [-0.2, -0.15) is 8.78 Å². The van der Waals surface area contributed by atoms with Crippen molar-refractivity contribution < 1.29 is 22.3 Å². The fourth-order valence-corrected chi connectivity index (χ4v) is 0.936. The molecule has 0 atom stereocenters. The molecule has 0 bridgehead atoms. The van der Waals surface area contributed by atoms with Gasteiger partial charge in [-0.25, -0.2) is 13.8 Å². The quantitative estimate of drug-likeness (QED) is 0.342. The lowest BCUT2D eigenvalue weighted by Crippen LogP contribution is -2.33. The molecule has 1 rings (SSSR count). The number of pyridine rings is 1. The molecule has 0 radical (unpaired) electrons. The highest BCUT2D eigenvalue weighted by molar-refractivity contribution is 5.17. The molecule has 0 saturated carbocycles. The molecule has 1 aromatic rings. The van der Waals surface area contributed by atoms with Crippen LogP contribution in [0.3, 0.4) is 0 Å². The van der Waals surface area contributed by atoms with Gasteiger partial charge in [0.2, 0.25) is 5.88 Å². The summed E-state index contributed by atoms with van der Waals surface area (Å²) in [5.41, 5.74) is 8.61. The Morgan fingerprint density at radius 3 is 2.67 bits per heavy atom. The Balaban J connectivity index is 2.56. The lowest BCUT2D eigenvalue weighted by atomic mass is 10.3. The molecule has 0 aliphatic carbocycles. The summed E-state index contributed by atoms with van der Waals surface area (Å²) in [4.78, 5) is 6.14. The lowest BCUT2D eigenvalue weighted by Gasteiger charge is -2.15. The molecule has 0 aliphatic heterocycles. The van der Waals surface area contributed by atoms with E-state index < -0.39 is 19.0 Å². The normalized spacial score (nSPS) is 11.2. The first-order valence-corrected chi connectivity index (χ1v) is 4.70. The van der Waals surface area contributed by atoms with Crippen molar-refractivity contribution in [2.24, 2.45) is 5.11 Å². The van der Waals surface area contributed by atoms with E-state index in [2.05, 4.69) is 19.7 Å². The molecule has 0 amide bonds. The van der Waals surface area contributed by atoms with Crippen molar-refractivity contribution >= 4 is 0 Å². The van der Waals surface area contributed by atoms with Crippen LogP contribution in [0.4, 0.5) is 17.6 Å². The molecule has 0 N–H and O–H groups in total. The Morgan fingerprint density at radius 2 is 2.17 bits per heavy atom. The van der Waals surface area contributed by atoms with Crippen molar-refractivity contribution in [1.29, 1.82) is 0 Å². The van der Waals surface area contributed by atoms with Crippen LogP contribution in [0.15, 0.2) is 23.4 Å². The highest BCUT2D eigenvalue weighted by Crippen LogP contribution is 2.23. The summed E-state index contributed by atoms with van der Waals surface area (Å²) in [6, 6.07) is 2.65. The fourth-order valence-electron chi connectivity index (χ4n) is 0.936. The van der Waals surface area contributed by atoms with Crippen LogP contribution in [0.5, 0.6) is 5.88 Å². The van der Waals surface area contributed by atoms with E-state index in [9.17, 15) is 17.6 Å². The molecule has 1 heterocycles. The molecule has 0 spiro atoms. The van der Waals surface area contributed by atoms with E-state index in [1.807, 2.05) is 0 Å². The molecule has 0 fully saturated rings. The van der Waals surface area contributed by atoms with E-state index in [1.165, 1.54) is 18.3 Å². The van der Waals surface area contributed by atoms with Gasteiger partial charge in [-0.3, -0.25) is 0 Å². The predicted molar refractivity (Wildman–Crippen MR) is 53.5 cm³/mol. The maximum atomic E-state index is 12.5. The Bertz CT molecular complexity index is 431. The molecule has 0 aliphatic rings. The van der Waals surface area contributed by atoms with Gasteiger partial charge in [0, 0.05) is 17.2 Å². The Labute approximate surface area is 99.0 Å². The number of hydrogen-bond acceptors (Lipinski definition) is 3. The van der Waals surface area contributed by atoms with E-state index in [-0.39, 0.29) is 12.4 Å². The van der Waals surface area contributed by atoms with Crippen molar-refractivity contribution in [2.75, 3.05) is 6.61 Å². The number of halogens is 4. The average molecular weight is 264 g/mol. The zero-order valence-corrected chi connectivity index (χ0v) is 8.93. The first-order valence-electron chi connectivity index (χ1n) is 4.70. The molecule has 18 heavy (non-hydrogen) atoms. The van der Waals surface area contributed by atoms with Gasteiger partial charge in [-0.1, -0.05) is 11.2 Å². The molecule has 5 nitrogen and oxygen atoms in total. The van der Waals surface area contributed by atoms with Gasteiger partial charge < -0.3 is 4.74 Å². The summed E-state index contributed by atoms with van der Waals surface area (Å²) in [6.45, 7) is -1.40. The standard InChI is InChI=1S/C9H8F4N4O/c10-8(11)9(12,13)5-18-7-2-1-6(3-15-7)4-16-17-14/h1-3,8H,4-5H2. The number of nitrogens with zero attached hydrogens (tertiary/aromatic N) is 4. The largest absolute Gasteiger partial charge is 0.471 e. The number of aromatic nitrogens is 1. The Kier molecular flexibility index (Phi) is 4.73. The second-order valence-electron chi connectivity index (χ2n) is 3.24. The van der Waals surface area contributed by atoms with E-state index in [4.69, 9.17) is 5.53 Å². The fraction of sp³-hybridized carbons (Fsp3) is 0.444. The molecule has 0 saturated heterocycles. The number of alkyl halides is 4. The third-order valence-corrected chi connectivity index (χ3v) is 1.85. The summed E-state index contributed by atoms with van der Waals surface area (Å²) >= 11 is 0. The van der Waals surface area contributed by atoms with Crippen molar-refractivity contribution in [2.45, 2.75) is 18.9 Å². The zero-order valence-electron chi connectivity index (χ0n) is 8.93. The minimum Gasteiger partial charge on any atom is -0.471 e. The lowest BCUT2D eigenvalue weighted by molar-refractivity contribution is -0.148. The van der Waals surface area contributed by atoms with Gasteiger partial charge in [-0.15, -0.1) is 0 Å². The number of rotatable bonds is 6. The second kappa shape index (κ2) is 6.06. The van der Waals surface area contributed by atoms with Crippen LogP contribution >= 0.6 is 0 Å². The van der Waals surface area contributed by atoms with Crippen LogP contribution in [0.2, 0.25) is 0 Å². The Hall–Kier alpha value is -2.02. The monoisotopic (exact) mass is 264 g/mol. The Morgan fingerprint density at radius 1 is 1.44 bits per heavy atom. The average Bonchev–Trinajstić information content (AvgIpc) is 2.35. The highest BCUT2D eigenvalue weighted by atomic mass is 19.3. The third-order valence-electron chi connectivity index (χ3n) is 1.85. The van der Waals surface area contributed by atoms with E-state index >= 15 is 0 Å². The van der Waals surface area contributed by atoms with Crippen LogP contribution in [-0.2, 0) is 6.54 Å². The van der Waals surface area contributed by atoms with Gasteiger partial charge >= 0.3 is 12.3 Å². The van der Waals surface area contributed by atoms with Gasteiger partial charge in [0.25, 0.3) is 0 Å². The van der Waals surface area contributed by atoms with Crippen LogP contribution < -0.4 is 4.74 Å². The maximum absolute atomic E-state index is 12.5. The highest BCUT2D eigenvalue weighted by Gasteiger charge is 2.41. The summed E-state index contributed by atoms with van der Waals surface area (Å²) < 4.78 is 53.1. The summed E-state index contributed by atoms with van der Waals surface area (Å²) in [7, 11) is 0. The van der Waals surface area contributed by atoms with Crippen molar-refractivity contribution in [3.8, 4) is 5.88 Å². The van der Waals surface area contributed by atoms with E-state index in [1.54, 1.807) is 0 Å². The number of ether oxygens (including phenoxy) is 1. The van der Waals surface area contributed by atoms with Crippen LogP contribution in [0.25, 0.3) is 10.4 Å². The van der Waals surface area contributed by atoms with Gasteiger partial charge in [0.1, 0.15) is 0 Å². The topological polar surface area (TPSA) is 70.9 Å². The van der Waals surface area contributed by atoms with Crippen molar-refractivity contribution in [3.63, 3.8) is 0 Å². The minimum absolute atomic E-state index is 0.0526. The molecule has 9 heteroatoms. The number of azide groups is 1. The molecule has 1 aromatic heterocycles. The number of hydrogen-bond donors (Lipinski definition) is 0. The second-order valence-corrected chi connectivity index (χ2v) is 3.24. The third kappa shape index (κ3) is 4.10. The van der Waals surface area contributed by atoms with Crippen LogP contribution in [-0.4, -0.2) is 23.9 Å². The van der Waals surface area contributed by atoms with Crippen molar-refractivity contribution in [1.82, 2.24) is 4.98 Å². The summed E-state index contributed by atoms with van der Waals surface area (Å²) in [5.74, 6) is -4.43. The van der Waals surface area contributed by atoms with Crippen molar-refractivity contribution in [3.05, 3.63) is 34.3 Å². The van der Waals surface area contributed by atoms with E-state index in [0.717, 1.165) is 0 Å². The first-order chi connectivity index (χ1) is 8.45. The molecule has 0 aromatic carbocycles. The maximum Gasteiger partial charge on any atom is 0.340 e. The SMILES string of the molecule is [N-]=[N+]=NCc1ccc(OCC(F)(F)C(F)F)nc1. The van der Waals surface area contributed by atoms with Gasteiger partial charge in [0.15, 0.2) is 6.61 Å². The van der Waals surface area contributed by atoms with Crippen LogP contribution in [0, 0.1) is 0 Å². The molecule has 0 unspecified atom stereocenters. The summed E-state index contributed by atoms with van der Waals surface area (Å²) in [6.07, 6.45) is -2.55. The smallest absolute Gasteiger partial charge is 0.340 e. The minimum atomic E-state index is -4.22. The van der Waals surface area contributed by atoms with Crippen LogP contribution in [0.1, 0.15) is 5.56 Å². The summed E-state index contributed by atoms with van der Waals surface area (Å²) in [5, 5.41) is 3.26.